The summed E-state index contributed by atoms with van der Waals surface area (Å²) >= 11 is 0. The summed E-state index contributed by atoms with van der Waals surface area (Å²) in [5, 5.41) is 11.0. The van der Waals surface area contributed by atoms with Crippen molar-refractivity contribution in [1.82, 2.24) is 9.80 Å². The second-order valence-electron chi connectivity index (χ2n) is 8.11. The maximum absolute atomic E-state index is 14.3. The molecule has 0 aliphatic carbocycles. The normalized spacial score (nSPS) is 17.4. The Labute approximate surface area is 197 Å². The monoisotopic (exact) mass is 470 g/mol. The number of halogens is 1. The van der Waals surface area contributed by atoms with Gasteiger partial charge in [0.2, 0.25) is 0 Å². The number of benzene rings is 2. The van der Waals surface area contributed by atoms with Crippen LogP contribution in [0.2, 0.25) is 0 Å². The van der Waals surface area contributed by atoms with E-state index in [1.165, 1.54) is 43.4 Å². The van der Waals surface area contributed by atoms with E-state index < -0.39 is 35.3 Å². The summed E-state index contributed by atoms with van der Waals surface area (Å²) in [6.45, 7) is 0.945. The fourth-order valence-electron chi connectivity index (χ4n) is 3.90. The van der Waals surface area contributed by atoms with Crippen molar-refractivity contribution in [1.29, 1.82) is 0 Å². The van der Waals surface area contributed by atoms with Crippen molar-refractivity contribution in [3.63, 3.8) is 0 Å². The van der Waals surface area contributed by atoms with Gasteiger partial charge in [0.05, 0.1) is 31.4 Å². The van der Waals surface area contributed by atoms with Crippen LogP contribution in [0.5, 0.6) is 5.75 Å². The van der Waals surface area contributed by atoms with Gasteiger partial charge in [0.25, 0.3) is 11.7 Å². The quantitative estimate of drug-likeness (QED) is 0.274. The first-order chi connectivity index (χ1) is 16.2. The van der Waals surface area contributed by atoms with Crippen LogP contribution >= 0.6 is 0 Å². The third-order valence-electron chi connectivity index (χ3n) is 5.62. The first-order valence-corrected chi connectivity index (χ1v) is 10.6. The molecule has 3 rings (SSSR count). The average Bonchev–Trinajstić information content (AvgIpc) is 3.08. The summed E-state index contributed by atoms with van der Waals surface area (Å²) in [7, 11) is 6.38. The fraction of sp³-hybridized carbons (Fsp3) is 0.320. The number of amides is 1. The molecule has 1 amide bonds. The van der Waals surface area contributed by atoms with Gasteiger partial charge in [-0.3, -0.25) is 9.59 Å². The number of carbonyl (C=O) groups is 3. The van der Waals surface area contributed by atoms with Gasteiger partial charge in [0.15, 0.2) is 11.6 Å². The summed E-state index contributed by atoms with van der Waals surface area (Å²) in [6, 6.07) is 9.13. The van der Waals surface area contributed by atoms with Crippen molar-refractivity contribution in [2.24, 2.45) is 0 Å². The van der Waals surface area contributed by atoms with Gasteiger partial charge in [-0.25, -0.2) is 9.18 Å². The van der Waals surface area contributed by atoms with E-state index in [4.69, 9.17) is 9.47 Å². The molecule has 34 heavy (non-hydrogen) atoms. The van der Waals surface area contributed by atoms with Crippen LogP contribution in [-0.2, 0) is 14.3 Å². The molecule has 2 aromatic rings. The van der Waals surface area contributed by atoms with Gasteiger partial charge < -0.3 is 24.4 Å². The number of hydrogen-bond acceptors (Lipinski definition) is 7. The Hall–Kier alpha value is -3.72. The standard InChI is InChI=1S/C25H27FN2O6/c1-27(2)12-5-13-28-21(15-6-8-16(9-7-15)25(32)34-4)20(23(30)24(28)31)22(29)17-10-11-19(33-3)18(26)14-17/h6-11,14,21,29H,5,12-13H2,1-4H3. The number of ether oxygens (including phenoxy) is 2. The third-order valence-corrected chi connectivity index (χ3v) is 5.62. The number of esters is 1. The molecule has 1 aliphatic heterocycles. The van der Waals surface area contributed by atoms with Gasteiger partial charge in [0, 0.05) is 12.1 Å². The van der Waals surface area contributed by atoms with Crippen LogP contribution in [0, 0.1) is 5.82 Å². The zero-order chi connectivity index (χ0) is 25.0. The smallest absolute Gasteiger partial charge is 0.337 e. The minimum absolute atomic E-state index is 0.0179. The van der Waals surface area contributed by atoms with Crippen LogP contribution in [0.25, 0.3) is 5.76 Å². The Bertz CT molecular complexity index is 1130. The second kappa shape index (κ2) is 10.5. The number of carbonyl (C=O) groups excluding carboxylic acids is 3. The molecule has 0 spiro atoms. The Kier molecular flexibility index (Phi) is 7.68. The maximum Gasteiger partial charge on any atom is 0.337 e. The zero-order valence-electron chi connectivity index (χ0n) is 19.5. The highest BCUT2D eigenvalue weighted by Crippen LogP contribution is 2.40. The number of aliphatic hydroxyl groups excluding tert-OH is 1. The van der Waals surface area contributed by atoms with Crippen LogP contribution in [-0.4, -0.2) is 74.0 Å². The topological polar surface area (TPSA) is 96.4 Å². The minimum atomic E-state index is -0.904. The van der Waals surface area contributed by atoms with Crippen molar-refractivity contribution in [3.05, 3.63) is 70.5 Å². The highest BCUT2D eigenvalue weighted by Gasteiger charge is 2.45. The molecule has 1 N–H and O–H groups in total. The molecule has 1 aliphatic rings. The van der Waals surface area contributed by atoms with Crippen LogP contribution in [0.3, 0.4) is 0 Å². The molecule has 0 radical (unpaired) electrons. The minimum Gasteiger partial charge on any atom is -0.507 e. The molecule has 1 atom stereocenters. The van der Waals surface area contributed by atoms with E-state index in [9.17, 15) is 23.9 Å². The SMILES string of the molecule is COC(=O)c1ccc(C2C(=C(O)c3ccc(OC)c(F)c3)C(=O)C(=O)N2CCCN(C)C)cc1. The van der Waals surface area contributed by atoms with E-state index in [0.29, 0.717) is 24.1 Å². The summed E-state index contributed by atoms with van der Waals surface area (Å²) in [4.78, 5) is 41.1. The molecule has 1 fully saturated rings. The Morgan fingerprint density at radius 3 is 2.29 bits per heavy atom. The van der Waals surface area contributed by atoms with Gasteiger partial charge in [-0.2, -0.15) is 0 Å². The van der Waals surface area contributed by atoms with E-state index in [2.05, 4.69) is 0 Å². The molecule has 0 saturated carbocycles. The number of likely N-dealkylation sites (tertiary alicyclic amines) is 1. The van der Waals surface area contributed by atoms with Crippen molar-refractivity contribution in [2.45, 2.75) is 12.5 Å². The van der Waals surface area contributed by atoms with Crippen LogP contribution < -0.4 is 4.74 Å². The van der Waals surface area contributed by atoms with E-state index in [-0.39, 0.29) is 23.4 Å². The summed E-state index contributed by atoms with van der Waals surface area (Å²) in [5.41, 5.74) is 0.714. The lowest BCUT2D eigenvalue weighted by atomic mass is 9.94. The van der Waals surface area contributed by atoms with Crippen LogP contribution in [0.15, 0.2) is 48.0 Å². The van der Waals surface area contributed by atoms with Crippen LogP contribution in [0.1, 0.15) is 33.9 Å². The molecule has 1 saturated heterocycles. The fourth-order valence-corrected chi connectivity index (χ4v) is 3.90. The van der Waals surface area contributed by atoms with Crippen molar-refractivity contribution in [2.75, 3.05) is 41.4 Å². The van der Waals surface area contributed by atoms with E-state index in [1.54, 1.807) is 12.1 Å². The Morgan fingerprint density at radius 2 is 1.74 bits per heavy atom. The lowest BCUT2D eigenvalue weighted by Gasteiger charge is -2.26. The van der Waals surface area contributed by atoms with Crippen LogP contribution in [0.4, 0.5) is 4.39 Å². The Balaban J connectivity index is 2.10. The Morgan fingerprint density at radius 1 is 1.09 bits per heavy atom. The first kappa shape index (κ1) is 24.9. The number of nitrogens with zero attached hydrogens (tertiary/aromatic N) is 2. The second-order valence-corrected chi connectivity index (χ2v) is 8.11. The van der Waals surface area contributed by atoms with Gasteiger partial charge in [-0.05, 0) is 63.0 Å². The van der Waals surface area contributed by atoms with E-state index >= 15 is 0 Å². The number of ketones is 1. The molecule has 8 nitrogen and oxygen atoms in total. The number of methoxy groups -OCH3 is 2. The predicted molar refractivity (Wildman–Crippen MR) is 123 cm³/mol. The third kappa shape index (κ3) is 4.94. The average molecular weight is 470 g/mol. The summed E-state index contributed by atoms with van der Waals surface area (Å²) in [6.07, 6.45) is 0.591. The number of Topliss-reactive ketones (excluding diaryl/α,β-unsaturated/α-hetero) is 1. The molecular formula is C25H27FN2O6. The van der Waals surface area contributed by atoms with Crippen molar-refractivity contribution in [3.8, 4) is 5.75 Å². The van der Waals surface area contributed by atoms with Gasteiger partial charge in [0.1, 0.15) is 5.76 Å². The number of aliphatic hydroxyl groups is 1. The molecular weight excluding hydrogens is 443 g/mol. The van der Waals surface area contributed by atoms with E-state index in [0.717, 1.165) is 6.07 Å². The first-order valence-electron chi connectivity index (χ1n) is 10.6. The molecule has 2 aromatic carbocycles. The zero-order valence-corrected chi connectivity index (χ0v) is 19.5. The highest BCUT2D eigenvalue weighted by molar-refractivity contribution is 6.46. The van der Waals surface area contributed by atoms with Gasteiger partial charge in [-0.15, -0.1) is 0 Å². The van der Waals surface area contributed by atoms with Crippen molar-refractivity contribution < 1.29 is 33.4 Å². The molecule has 180 valence electrons. The lowest BCUT2D eigenvalue weighted by molar-refractivity contribution is -0.139. The summed E-state index contributed by atoms with van der Waals surface area (Å²) < 4.78 is 23.9. The molecule has 0 bridgehead atoms. The predicted octanol–water partition coefficient (Wildman–Crippen LogP) is 2.99. The van der Waals surface area contributed by atoms with E-state index in [1.807, 2.05) is 19.0 Å². The lowest BCUT2D eigenvalue weighted by Crippen LogP contribution is -2.32. The highest BCUT2D eigenvalue weighted by atomic mass is 19.1. The van der Waals surface area contributed by atoms with Gasteiger partial charge in [-0.1, -0.05) is 12.1 Å². The molecule has 0 aromatic heterocycles. The van der Waals surface area contributed by atoms with Gasteiger partial charge >= 0.3 is 5.97 Å². The van der Waals surface area contributed by atoms with Crippen molar-refractivity contribution >= 4 is 23.4 Å². The maximum atomic E-state index is 14.3. The number of rotatable bonds is 8. The molecule has 1 heterocycles. The molecule has 9 heteroatoms. The summed E-state index contributed by atoms with van der Waals surface area (Å²) in [5.74, 6) is -3.37. The number of hydrogen-bond donors (Lipinski definition) is 1. The molecule has 1 unspecified atom stereocenters. The largest absolute Gasteiger partial charge is 0.507 e.